The van der Waals surface area contributed by atoms with Crippen LogP contribution in [0.4, 0.5) is 0 Å². The lowest BCUT2D eigenvalue weighted by Crippen LogP contribution is -2.46. The third kappa shape index (κ3) is 11.7. The molecule has 0 saturated carbocycles. The number of nitrogens with zero attached hydrogens (tertiary/aromatic N) is 2. The van der Waals surface area contributed by atoms with E-state index in [0.29, 0.717) is 30.3 Å². The molecule has 6 heteroatoms. The topological polar surface area (TPSA) is 94.3 Å². The molecule has 0 aliphatic carbocycles. The molecule has 0 aliphatic rings. The van der Waals surface area contributed by atoms with Gasteiger partial charge in [0.1, 0.15) is 5.78 Å². The summed E-state index contributed by atoms with van der Waals surface area (Å²) in [5.74, 6) is 0.932. The molecule has 0 amide bonds. The first-order valence-electron chi connectivity index (χ1n) is 11.6. The quantitative estimate of drug-likeness (QED) is 0.147. The average Bonchev–Trinajstić information content (AvgIpc) is 2.70. The summed E-state index contributed by atoms with van der Waals surface area (Å²) in [6.45, 7) is 14.9. The summed E-state index contributed by atoms with van der Waals surface area (Å²) in [4.78, 5) is 12.0. The summed E-state index contributed by atoms with van der Waals surface area (Å²) in [7, 11) is 0. The van der Waals surface area contributed by atoms with Crippen LogP contribution in [-0.2, 0) is 4.79 Å². The smallest absolute Gasteiger partial charge is 0.132 e. The van der Waals surface area contributed by atoms with Crippen LogP contribution in [0.5, 0.6) is 0 Å². The lowest BCUT2D eigenvalue weighted by atomic mass is 9.81. The minimum Gasteiger partial charge on any atom is -0.411 e. The van der Waals surface area contributed by atoms with E-state index in [0.717, 1.165) is 63.6 Å². The van der Waals surface area contributed by atoms with Gasteiger partial charge in [0.25, 0.3) is 0 Å². The molecule has 3 N–H and O–H groups in total. The number of unbranched alkanes of at least 4 members (excludes halogenated alkanes) is 1. The van der Waals surface area contributed by atoms with Crippen molar-refractivity contribution < 1.29 is 15.2 Å². The van der Waals surface area contributed by atoms with E-state index in [1.165, 1.54) is 0 Å². The highest BCUT2D eigenvalue weighted by atomic mass is 16.4. The lowest BCUT2D eigenvalue weighted by molar-refractivity contribution is -0.119. The van der Waals surface area contributed by atoms with Crippen molar-refractivity contribution in [3.05, 3.63) is 0 Å². The minimum atomic E-state index is -0.341. The Labute approximate surface area is 184 Å². The van der Waals surface area contributed by atoms with Crippen molar-refractivity contribution in [3.8, 4) is 0 Å². The van der Waals surface area contributed by atoms with Crippen LogP contribution in [0.2, 0.25) is 0 Å². The van der Waals surface area contributed by atoms with Gasteiger partial charge in [-0.15, -0.1) is 0 Å². The minimum absolute atomic E-state index is 0.107. The van der Waals surface area contributed by atoms with Crippen LogP contribution < -0.4 is 5.32 Å². The molecule has 0 aromatic heterocycles. The number of rotatable bonds is 17. The second-order valence-electron chi connectivity index (χ2n) is 9.89. The third-order valence-electron chi connectivity index (χ3n) is 6.59. The molecule has 176 valence electrons. The van der Waals surface area contributed by atoms with E-state index < -0.39 is 0 Å². The van der Waals surface area contributed by atoms with Gasteiger partial charge in [0.15, 0.2) is 0 Å². The van der Waals surface area contributed by atoms with E-state index in [9.17, 15) is 4.79 Å². The second kappa shape index (κ2) is 14.6. The summed E-state index contributed by atoms with van der Waals surface area (Å²) >= 11 is 0. The molecule has 0 aromatic carbocycles. The van der Waals surface area contributed by atoms with Gasteiger partial charge < -0.3 is 15.7 Å². The molecule has 0 rings (SSSR count). The van der Waals surface area contributed by atoms with Crippen molar-refractivity contribution in [3.63, 3.8) is 0 Å². The van der Waals surface area contributed by atoms with Gasteiger partial charge in [0, 0.05) is 18.3 Å². The molecule has 1 atom stereocenters. The zero-order valence-electron chi connectivity index (χ0n) is 20.6. The predicted molar refractivity (Wildman–Crippen MR) is 126 cm³/mol. The number of ketones is 1. The summed E-state index contributed by atoms with van der Waals surface area (Å²) < 4.78 is 0. The van der Waals surface area contributed by atoms with Gasteiger partial charge in [-0.25, -0.2) is 0 Å². The molecule has 30 heavy (non-hydrogen) atoms. The van der Waals surface area contributed by atoms with Gasteiger partial charge in [-0.05, 0) is 72.3 Å². The molecule has 0 fully saturated rings. The van der Waals surface area contributed by atoms with Crippen LogP contribution in [-0.4, -0.2) is 39.7 Å². The number of carbonyl (C=O) groups is 1. The van der Waals surface area contributed by atoms with Crippen LogP contribution in [0.3, 0.4) is 0 Å². The Morgan fingerprint density at radius 1 is 0.900 bits per heavy atom. The van der Waals surface area contributed by atoms with E-state index in [1.54, 1.807) is 0 Å². The van der Waals surface area contributed by atoms with Crippen molar-refractivity contribution in [1.29, 1.82) is 0 Å². The van der Waals surface area contributed by atoms with Crippen LogP contribution >= 0.6 is 0 Å². The monoisotopic (exact) mass is 425 g/mol. The fraction of sp³-hybridized carbons (Fsp3) is 0.875. The molecule has 0 bridgehead atoms. The highest BCUT2D eigenvalue weighted by Crippen LogP contribution is 2.28. The first kappa shape index (κ1) is 28.6. The van der Waals surface area contributed by atoms with Crippen molar-refractivity contribution in [2.75, 3.05) is 6.54 Å². The fourth-order valence-corrected chi connectivity index (χ4v) is 3.51. The van der Waals surface area contributed by atoms with Crippen LogP contribution in [0, 0.1) is 11.3 Å². The number of carbonyl (C=O) groups excluding carboxylic acids is 1. The summed E-state index contributed by atoms with van der Waals surface area (Å²) in [6.07, 6.45) is 9.64. The molecule has 1 unspecified atom stereocenters. The van der Waals surface area contributed by atoms with Gasteiger partial charge in [0.05, 0.1) is 17.0 Å². The average molecular weight is 426 g/mol. The van der Waals surface area contributed by atoms with Crippen molar-refractivity contribution in [2.24, 2.45) is 21.6 Å². The Hall–Kier alpha value is -1.43. The van der Waals surface area contributed by atoms with Crippen molar-refractivity contribution >= 4 is 17.2 Å². The molecule has 0 radical (unpaired) electrons. The number of hydrogen-bond donors (Lipinski definition) is 3. The molecule has 6 nitrogen and oxygen atoms in total. The van der Waals surface area contributed by atoms with Crippen LogP contribution in [0.25, 0.3) is 0 Å². The molecule has 0 aliphatic heterocycles. The highest BCUT2D eigenvalue weighted by molar-refractivity contribution is 5.90. The second-order valence-corrected chi connectivity index (χ2v) is 9.89. The molecule has 0 saturated heterocycles. The molecule has 0 heterocycles. The maximum absolute atomic E-state index is 12.0. The lowest BCUT2D eigenvalue weighted by Gasteiger charge is -2.28. The SMILES string of the molecule is CCCCC(=O)CCCC(CCCC(C)(C)/C(C)=N\O)CCNC(C)(C)/C(C)=N\O. The van der Waals surface area contributed by atoms with Crippen LogP contribution in [0.15, 0.2) is 10.3 Å². The molecule has 0 aromatic rings. The summed E-state index contributed by atoms with van der Waals surface area (Å²) in [5.41, 5.74) is 0.986. The fourth-order valence-electron chi connectivity index (χ4n) is 3.51. The van der Waals surface area contributed by atoms with Gasteiger partial charge >= 0.3 is 0 Å². The third-order valence-corrected chi connectivity index (χ3v) is 6.59. The van der Waals surface area contributed by atoms with E-state index in [-0.39, 0.29) is 11.0 Å². The number of hydrogen-bond acceptors (Lipinski definition) is 6. The van der Waals surface area contributed by atoms with Gasteiger partial charge in [0.2, 0.25) is 0 Å². The van der Waals surface area contributed by atoms with E-state index in [1.807, 2.05) is 27.7 Å². The zero-order chi connectivity index (χ0) is 23.2. The maximum atomic E-state index is 12.0. The number of nitrogens with one attached hydrogen (secondary N) is 1. The normalized spacial score (nSPS) is 14.8. The van der Waals surface area contributed by atoms with Gasteiger partial charge in [-0.2, -0.15) is 0 Å². The summed E-state index contributed by atoms with van der Waals surface area (Å²) in [6, 6.07) is 0. The largest absolute Gasteiger partial charge is 0.411 e. The number of Topliss-reactive ketones (excluding diaryl/α,β-unsaturated/α-hetero) is 1. The Bertz CT molecular complexity index is 518. The van der Waals surface area contributed by atoms with Gasteiger partial charge in [-0.3, -0.25) is 4.79 Å². The van der Waals surface area contributed by atoms with Crippen molar-refractivity contribution in [1.82, 2.24) is 5.32 Å². The Balaban J connectivity index is 4.70. The van der Waals surface area contributed by atoms with E-state index in [4.69, 9.17) is 10.4 Å². The predicted octanol–water partition coefficient (Wildman–Crippen LogP) is 6.19. The Morgan fingerprint density at radius 2 is 1.47 bits per heavy atom. The Kier molecular flexibility index (Phi) is 13.9. The van der Waals surface area contributed by atoms with E-state index in [2.05, 4.69) is 36.4 Å². The van der Waals surface area contributed by atoms with Crippen LogP contribution in [0.1, 0.15) is 113 Å². The maximum Gasteiger partial charge on any atom is 0.132 e. The summed E-state index contributed by atoms with van der Waals surface area (Å²) in [5, 5.41) is 28.4. The molecular formula is C24H47N3O3. The highest BCUT2D eigenvalue weighted by Gasteiger charge is 2.24. The zero-order valence-corrected chi connectivity index (χ0v) is 20.6. The molecule has 0 spiro atoms. The first-order valence-corrected chi connectivity index (χ1v) is 11.6. The Morgan fingerprint density at radius 3 is 2.03 bits per heavy atom. The molecular weight excluding hydrogens is 378 g/mol. The van der Waals surface area contributed by atoms with Crippen molar-refractivity contribution in [2.45, 2.75) is 118 Å². The first-order chi connectivity index (χ1) is 14.0. The van der Waals surface area contributed by atoms with Gasteiger partial charge in [-0.1, -0.05) is 50.3 Å². The van der Waals surface area contributed by atoms with E-state index >= 15 is 0 Å². The number of oxime groups is 2. The standard InChI is InChI=1S/C24H47N3O3/c1-8-9-14-22(28)15-10-12-21(13-11-17-23(4,5)19(2)26-29)16-18-25-24(6,7)20(3)27-30/h21,25,29-30H,8-18H2,1-7H3/b26-19-,27-20-.